The van der Waals surface area contributed by atoms with Crippen LogP contribution in [0, 0.1) is 0 Å². The van der Waals surface area contributed by atoms with Gasteiger partial charge in [0, 0.05) is 18.3 Å². The summed E-state index contributed by atoms with van der Waals surface area (Å²) in [6, 6.07) is -0.462. The van der Waals surface area contributed by atoms with E-state index in [9.17, 15) is 9.59 Å². The molecule has 2 aliphatic rings. The van der Waals surface area contributed by atoms with Gasteiger partial charge in [0.15, 0.2) is 0 Å². The molecule has 0 aliphatic carbocycles. The number of carbonyl (C=O) groups excluding carboxylic acids is 1. The van der Waals surface area contributed by atoms with Gasteiger partial charge in [-0.05, 0) is 5.57 Å². The molecule has 0 radical (unpaired) electrons. The van der Waals surface area contributed by atoms with E-state index in [0.29, 0.717) is 18.7 Å². The number of hydrogen-bond donors (Lipinski definition) is 1. The van der Waals surface area contributed by atoms with Gasteiger partial charge in [-0.25, -0.2) is 9.59 Å². The van der Waals surface area contributed by atoms with Gasteiger partial charge >= 0.3 is 12.1 Å². The average molecular weight is 290 g/mol. The molecule has 1 saturated heterocycles. The summed E-state index contributed by atoms with van der Waals surface area (Å²) in [5.41, 5.74) is 1.51. The Balaban J connectivity index is 1.88. The highest BCUT2D eigenvalue weighted by molar-refractivity contribution is 5.85. The molecule has 0 spiro atoms. The molecule has 1 unspecified atom stereocenters. The van der Waals surface area contributed by atoms with Crippen molar-refractivity contribution in [2.24, 2.45) is 0 Å². The van der Waals surface area contributed by atoms with Gasteiger partial charge in [0.25, 0.3) is 0 Å². The van der Waals surface area contributed by atoms with Crippen LogP contribution in [0.1, 0.15) is 5.56 Å². The number of fused-ring (bicyclic) bond motifs is 2. The third-order valence-corrected chi connectivity index (χ3v) is 3.47. The van der Waals surface area contributed by atoms with Crippen molar-refractivity contribution < 1.29 is 19.5 Å². The van der Waals surface area contributed by atoms with Crippen molar-refractivity contribution in [1.82, 2.24) is 19.7 Å². The SMILES string of the molecule is C=CCON1C(=O)N2CC=C(c3cnn(C(=O)O)c3)C1C2. The monoisotopic (exact) mass is 290 g/mol. The molecule has 2 amide bonds. The molecule has 1 aromatic rings. The van der Waals surface area contributed by atoms with Crippen molar-refractivity contribution in [2.45, 2.75) is 6.04 Å². The Morgan fingerprint density at radius 3 is 3.10 bits per heavy atom. The van der Waals surface area contributed by atoms with Crippen LogP contribution in [0.25, 0.3) is 5.57 Å². The molecule has 3 rings (SSSR count). The van der Waals surface area contributed by atoms with Gasteiger partial charge in [0.05, 0.1) is 19.3 Å². The van der Waals surface area contributed by atoms with Crippen molar-refractivity contribution in [3.63, 3.8) is 0 Å². The summed E-state index contributed by atoms with van der Waals surface area (Å²) >= 11 is 0. The first kappa shape index (κ1) is 13.4. The summed E-state index contributed by atoms with van der Waals surface area (Å²) in [4.78, 5) is 30.1. The quantitative estimate of drug-likeness (QED) is 0.837. The highest BCUT2D eigenvalue weighted by Gasteiger charge is 2.43. The summed E-state index contributed by atoms with van der Waals surface area (Å²) in [6.45, 7) is 4.78. The lowest BCUT2D eigenvalue weighted by molar-refractivity contribution is -0.105. The van der Waals surface area contributed by atoms with E-state index >= 15 is 0 Å². The number of carboxylic acid groups (broad SMARTS) is 1. The second kappa shape index (κ2) is 5.06. The minimum Gasteiger partial charge on any atom is -0.463 e. The zero-order valence-electron chi connectivity index (χ0n) is 11.2. The van der Waals surface area contributed by atoms with Crippen LogP contribution in [0.4, 0.5) is 9.59 Å². The third-order valence-electron chi connectivity index (χ3n) is 3.47. The zero-order valence-corrected chi connectivity index (χ0v) is 11.2. The van der Waals surface area contributed by atoms with E-state index in [1.165, 1.54) is 17.5 Å². The number of aromatic nitrogens is 2. The lowest BCUT2D eigenvalue weighted by Crippen LogP contribution is -2.34. The maximum atomic E-state index is 12.1. The molecule has 2 aliphatic heterocycles. The van der Waals surface area contributed by atoms with Gasteiger partial charge in [-0.1, -0.05) is 12.2 Å². The number of carbonyl (C=O) groups is 2. The first-order valence-corrected chi connectivity index (χ1v) is 6.42. The van der Waals surface area contributed by atoms with Gasteiger partial charge in [0.2, 0.25) is 0 Å². The molecule has 1 N–H and O–H groups in total. The second-order valence-electron chi connectivity index (χ2n) is 4.73. The molecule has 2 bridgehead atoms. The molecule has 1 atom stereocenters. The Morgan fingerprint density at radius 1 is 1.62 bits per heavy atom. The molecule has 1 fully saturated rings. The zero-order chi connectivity index (χ0) is 15.0. The fraction of sp³-hybridized carbons (Fsp3) is 0.308. The van der Waals surface area contributed by atoms with E-state index in [1.807, 2.05) is 6.08 Å². The van der Waals surface area contributed by atoms with Crippen molar-refractivity contribution in [2.75, 3.05) is 19.7 Å². The van der Waals surface area contributed by atoms with Gasteiger partial charge < -0.3 is 10.0 Å². The molecule has 21 heavy (non-hydrogen) atoms. The lowest BCUT2D eigenvalue weighted by atomic mass is 9.99. The van der Waals surface area contributed by atoms with Crippen LogP contribution in [-0.4, -0.2) is 62.7 Å². The van der Waals surface area contributed by atoms with Gasteiger partial charge in [-0.3, -0.25) is 4.84 Å². The summed E-state index contributed by atoms with van der Waals surface area (Å²) in [5.74, 6) is 0. The summed E-state index contributed by atoms with van der Waals surface area (Å²) in [6.07, 6.45) is 5.22. The number of rotatable bonds is 4. The molecule has 110 valence electrons. The van der Waals surface area contributed by atoms with Crippen molar-refractivity contribution in [3.8, 4) is 0 Å². The van der Waals surface area contributed by atoms with Crippen LogP contribution in [0.3, 0.4) is 0 Å². The van der Waals surface area contributed by atoms with Crippen molar-refractivity contribution >= 4 is 17.7 Å². The number of hydroxylamine groups is 2. The highest BCUT2D eigenvalue weighted by atomic mass is 16.7. The molecule has 0 saturated carbocycles. The van der Waals surface area contributed by atoms with Crippen LogP contribution < -0.4 is 0 Å². The van der Waals surface area contributed by atoms with Crippen molar-refractivity contribution in [3.05, 3.63) is 36.7 Å². The summed E-state index contributed by atoms with van der Waals surface area (Å²) in [5, 5.41) is 14.0. The largest absolute Gasteiger partial charge is 0.463 e. The molecule has 8 heteroatoms. The van der Waals surface area contributed by atoms with E-state index in [4.69, 9.17) is 9.94 Å². The number of amides is 2. The molecule has 1 aromatic heterocycles. The first-order valence-electron chi connectivity index (χ1n) is 6.42. The fourth-order valence-corrected chi connectivity index (χ4v) is 2.52. The predicted octanol–water partition coefficient (Wildman–Crippen LogP) is 1.03. The maximum absolute atomic E-state index is 12.1. The van der Waals surface area contributed by atoms with Crippen LogP contribution in [-0.2, 0) is 4.84 Å². The Hall–Kier alpha value is -2.61. The van der Waals surface area contributed by atoms with Crippen LogP contribution >= 0.6 is 0 Å². The summed E-state index contributed by atoms with van der Waals surface area (Å²) in [7, 11) is 0. The van der Waals surface area contributed by atoms with Gasteiger partial charge in [-0.2, -0.15) is 14.8 Å². The predicted molar refractivity (Wildman–Crippen MR) is 72.4 cm³/mol. The molecular weight excluding hydrogens is 276 g/mol. The first-order chi connectivity index (χ1) is 10.1. The van der Waals surface area contributed by atoms with Crippen LogP contribution in [0.15, 0.2) is 31.1 Å². The molecule has 3 heterocycles. The van der Waals surface area contributed by atoms with Crippen LogP contribution in [0.2, 0.25) is 0 Å². The maximum Gasteiger partial charge on any atom is 0.432 e. The highest BCUT2D eigenvalue weighted by Crippen LogP contribution is 2.32. The van der Waals surface area contributed by atoms with E-state index < -0.39 is 6.09 Å². The van der Waals surface area contributed by atoms with Gasteiger partial charge in [0.1, 0.15) is 6.04 Å². The number of nitrogens with zero attached hydrogens (tertiary/aromatic N) is 4. The lowest BCUT2D eigenvalue weighted by Gasteiger charge is -2.23. The van der Waals surface area contributed by atoms with Crippen LogP contribution in [0.5, 0.6) is 0 Å². The topological polar surface area (TPSA) is 87.9 Å². The van der Waals surface area contributed by atoms with E-state index in [0.717, 1.165) is 10.3 Å². The van der Waals surface area contributed by atoms with E-state index in [-0.39, 0.29) is 18.7 Å². The smallest absolute Gasteiger partial charge is 0.432 e. The standard InChI is InChI=1S/C13H14N4O4/c1-2-5-21-17-11-8-15(12(17)18)4-3-10(11)9-6-14-16(7-9)13(19)20/h2-3,6-7,11H,1,4-5,8H2,(H,19,20). The Labute approximate surface area is 120 Å². The number of hydrogen-bond acceptors (Lipinski definition) is 4. The van der Waals surface area contributed by atoms with Crippen molar-refractivity contribution in [1.29, 1.82) is 0 Å². The molecule has 0 aromatic carbocycles. The normalized spacial score (nSPS) is 20.7. The van der Waals surface area contributed by atoms with Gasteiger partial charge in [-0.15, -0.1) is 6.58 Å². The Bertz CT molecular complexity index is 636. The van der Waals surface area contributed by atoms with E-state index in [1.54, 1.807) is 11.0 Å². The second-order valence-corrected chi connectivity index (χ2v) is 4.73. The minimum absolute atomic E-state index is 0.196. The summed E-state index contributed by atoms with van der Waals surface area (Å²) < 4.78 is 0.842. The fourth-order valence-electron chi connectivity index (χ4n) is 2.52. The Kier molecular flexibility index (Phi) is 3.22. The molecule has 8 nitrogen and oxygen atoms in total. The van der Waals surface area contributed by atoms with E-state index in [2.05, 4.69) is 11.7 Å². The average Bonchev–Trinajstić information content (AvgIpc) is 3.04. The third kappa shape index (κ3) is 2.19. The Morgan fingerprint density at radius 2 is 2.43 bits per heavy atom. The number of urea groups is 1. The minimum atomic E-state index is -1.15. The molecular formula is C13H14N4O4.